The van der Waals surface area contributed by atoms with Gasteiger partial charge in [-0.1, -0.05) is 13.3 Å². The molecule has 0 heterocycles. The molecule has 1 rings (SSSR count). The van der Waals surface area contributed by atoms with Crippen molar-refractivity contribution in [3.05, 3.63) is 23.8 Å². The van der Waals surface area contributed by atoms with Crippen molar-refractivity contribution in [3.63, 3.8) is 0 Å². The molecular formula is C15H24N2O2. The fourth-order valence-corrected chi connectivity index (χ4v) is 2.02. The maximum Gasteiger partial charge on any atom is 0.340 e. The molecule has 0 aliphatic rings. The molecule has 1 aromatic carbocycles. The number of carbonyl (C=O) groups excluding carboxylic acids is 1. The number of nitrogens with two attached hydrogens (primary N) is 1. The summed E-state index contributed by atoms with van der Waals surface area (Å²) >= 11 is 0. The van der Waals surface area contributed by atoms with Crippen molar-refractivity contribution in [2.75, 3.05) is 24.3 Å². The zero-order valence-electron chi connectivity index (χ0n) is 12.3. The minimum atomic E-state index is -0.363. The number of nitrogens with zero attached hydrogens (tertiary/aromatic N) is 1. The minimum Gasteiger partial charge on any atom is -0.462 e. The van der Waals surface area contributed by atoms with Gasteiger partial charge in [0.1, 0.15) is 0 Å². The molecule has 0 saturated carbocycles. The van der Waals surface area contributed by atoms with Gasteiger partial charge in [-0.2, -0.15) is 0 Å². The molecule has 4 heteroatoms. The Hall–Kier alpha value is -1.71. The molecule has 19 heavy (non-hydrogen) atoms. The van der Waals surface area contributed by atoms with E-state index in [4.69, 9.17) is 10.5 Å². The number of hydrogen-bond donors (Lipinski definition) is 1. The molecule has 4 nitrogen and oxygen atoms in total. The first-order valence-electron chi connectivity index (χ1n) is 6.80. The van der Waals surface area contributed by atoms with Crippen molar-refractivity contribution >= 4 is 17.3 Å². The molecule has 0 aliphatic carbocycles. The van der Waals surface area contributed by atoms with Gasteiger partial charge >= 0.3 is 5.97 Å². The van der Waals surface area contributed by atoms with E-state index in [1.54, 1.807) is 19.1 Å². The van der Waals surface area contributed by atoms with E-state index in [1.165, 1.54) is 0 Å². The number of benzene rings is 1. The van der Waals surface area contributed by atoms with Gasteiger partial charge in [0, 0.05) is 24.5 Å². The molecule has 1 unspecified atom stereocenters. The molecule has 0 aliphatic heterocycles. The Bertz CT molecular complexity index is 432. The Labute approximate surface area is 115 Å². The summed E-state index contributed by atoms with van der Waals surface area (Å²) in [5.41, 5.74) is 7.72. The molecule has 0 radical (unpaired) electrons. The van der Waals surface area contributed by atoms with E-state index in [-0.39, 0.29) is 5.97 Å². The van der Waals surface area contributed by atoms with Crippen LogP contribution in [-0.2, 0) is 4.74 Å². The molecule has 0 bridgehead atoms. The highest BCUT2D eigenvalue weighted by molar-refractivity contribution is 5.96. The largest absolute Gasteiger partial charge is 0.462 e. The lowest BCUT2D eigenvalue weighted by atomic mass is 10.1. The van der Waals surface area contributed by atoms with Crippen LogP contribution in [0.5, 0.6) is 0 Å². The Morgan fingerprint density at radius 1 is 1.42 bits per heavy atom. The van der Waals surface area contributed by atoms with Crippen molar-refractivity contribution in [1.82, 2.24) is 0 Å². The Morgan fingerprint density at radius 3 is 2.68 bits per heavy atom. The average Bonchev–Trinajstić information content (AvgIpc) is 2.39. The molecule has 0 spiro atoms. The highest BCUT2D eigenvalue weighted by atomic mass is 16.5. The molecular weight excluding hydrogens is 240 g/mol. The smallest absolute Gasteiger partial charge is 0.340 e. The van der Waals surface area contributed by atoms with Crippen LogP contribution in [0.25, 0.3) is 0 Å². The molecule has 0 fully saturated rings. The normalized spacial score (nSPS) is 12.0. The van der Waals surface area contributed by atoms with Crippen molar-refractivity contribution < 1.29 is 9.53 Å². The van der Waals surface area contributed by atoms with Gasteiger partial charge in [0.05, 0.1) is 12.2 Å². The predicted octanol–water partition coefficient (Wildman–Crippen LogP) is 3.07. The third-order valence-electron chi connectivity index (χ3n) is 3.31. The van der Waals surface area contributed by atoms with Gasteiger partial charge in [0.2, 0.25) is 0 Å². The standard InChI is InChI=1S/C15H24N2O2/c1-5-7-11(3)17(4)12-8-9-14(16)13(10-12)15(18)19-6-2/h8-11H,5-7,16H2,1-4H3. The first kappa shape index (κ1) is 15.3. The Morgan fingerprint density at radius 2 is 2.11 bits per heavy atom. The lowest BCUT2D eigenvalue weighted by molar-refractivity contribution is 0.0527. The second-order valence-corrected chi connectivity index (χ2v) is 4.74. The van der Waals surface area contributed by atoms with E-state index in [0.29, 0.717) is 23.9 Å². The van der Waals surface area contributed by atoms with E-state index < -0.39 is 0 Å². The summed E-state index contributed by atoms with van der Waals surface area (Å²) in [6, 6.07) is 5.92. The summed E-state index contributed by atoms with van der Waals surface area (Å²) < 4.78 is 5.01. The molecule has 0 aromatic heterocycles. The first-order valence-corrected chi connectivity index (χ1v) is 6.80. The molecule has 106 valence electrons. The van der Waals surface area contributed by atoms with Gasteiger partial charge in [-0.3, -0.25) is 0 Å². The van der Waals surface area contributed by atoms with Gasteiger partial charge in [-0.05, 0) is 38.5 Å². The second kappa shape index (κ2) is 7.02. The summed E-state index contributed by atoms with van der Waals surface area (Å²) in [5, 5.41) is 0. The van der Waals surface area contributed by atoms with Crippen LogP contribution in [0.15, 0.2) is 18.2 Å². The summed E-state index contributed by atoms with van der Waals surface area (Å²) in [6.07, 6.45) is 2.24. The second-order valence-electron chi connectivity index (χ2n) is 4.74. The summed E-state index contributed by atoms with van der Waals surface area (Å²) in [6.45, 7) is 6.47. The van der Waals surface area contributed by atoms with Gasteiger partial charge in [-0.25, -0.2) is 4.79 Å². The van der Waals surface area contributed by atoms with E-state index in [9.17, 15) is 4.79 Å². The lowest BCUT2D eigenvalue weighted by Crippen LogP contribution is -2.28. The SMILES string of the molecule is CCCC(C)N(C)c1ccc(N)c(C(=O)OCC)c1. The number of carbonyl (C=O) groups is 1. The number of ether oxygens (including phenoxy) is 1. The van der Waals surface area contributed by atoms with Gasteiger partial charge in [0.15, 0.2) is 0 Å². The van der Waals surface area contributed by atoms with E-state index >= 15 is 0 Å². The number of esters is 1. The van der Waals surface area contributed by atoms with Crippen LogP contribution in [0.3, 0.4) is 0 Å². The van der Waals surface area contributed by atoms with Crippen molar-refractivity contribution in [2.24, 2.45) is 0 Å². The van der Waals surface area contributed by atoms with Crippen LogP contribution < -0.4 is 10.6 Å². The average molecular weight is 264 g/mol. The van der Waals surface area contributed by atoms with Crippen LogP contribution in [-0.4, -0.2) is 25.7 Å². The topological polar surface area (TPSA) is 55.6 Å². The van der Waals surface area contributed by atoms with Gasteiger partial charge in [0.25, 0.3) is 0 Å². The maximum atomic E-state index is 11.8. The van der Waals surface area contributed by atoms with Crippen LogP contribution in [0.4, 0.5) is 11.4 Å². The minimum absolute atomic E-state index is 0.352. The number of nitrogen functional groups attached to an aromatic ring is 1. The summed E-state index contributed by atoms with van der Waals surface area (Å²) in [4.78, 5) is 14.0. The molecule has 0 amide bonds. The fraction of sp³-hybridized carbons (Fsp3) is 0.533. The first-order chi connectivity index (χ1) is 9.01. The Balaban J connectivity index is 2.98. The molecule has 0 saturated heterocycles. The molecule has 2 N–H and O–H groups in total. The van der Waals surface area contributed by atoms with Gasteiger partial charge < -0.3 is 15.4 Å². The van der Waals surface area contributed by atoms with Crippen LogP contribution >= 0.6 is 0 Å². The quantitative estimate of drug-likeness (QED) is 0.633. The van der Waals surface area contributed by atoms with Crippen LogP contribution in [0, 0.1) is 0 Å². The van der Waals surface area contributed by atoms with E-state index in [1.807, 2.05) is 13.1 Å². The number of hydrogen-bond acceptors (Lipinski definition) is 4. The van der Waals surface area contributed by atoms with Gasteiger partial charge in [-0.15, -0.1) is 0 Å². The van der Waals surface area contributed by atoms with Crippen molar-refractivity contribution in [3.8, 4) is 0 Å². The predicted molar refractivity (Wildman–Crippen MR) is 79.6 cm³/mol. The number of rotatable bonds is 6. The van der Waals surface area contributed by atoms with Crippen LogP contribution in [0.2, 0.25) is 0 Å². The maximum absolute atomic E-state index is 11.8. The third kappa shape index (κ3) is 3.88. The fourth-order valence-electron chi connectivity index (χ4n) is 2.02. The van der Waals surface area contributed by atoms with Crippen molar-refractivity contribution in [1.29, 1.82) is 0 Å². The van der Waals surface area contributed by atoms with E-state index in [2.05, 4.69) is 18.7 Å². The highest BCUT2D eigenvalue weighted by Gasteiger charge is 2.15. The highest BCUT2D eigenvalue weighted by Crippen LogP contribution is 2.23. The van der Waals surface area contributed by atoms with E-state index in [0.717, 1.165) is 18.5 Å². The monoisotopic (exact) mass is 264 g/mol. The zero-order chi connectivity index (χ0) is 14.4. The Kier molecular flexibility index (Phi) is 5.67. The molecule has 1 aromatic rings. The third-order valence-corrected chi connectivity index (χ3v) is 3.31. The molecule has 1 atom stereocenters. The zero-order valence-corrected chi connectivity index (χ0v) is 12.3. The van der Waals surface area contributed by atoms with Crippen LogP contribution in [0.1, 0.15) is 44.0 Å². The number of anilines is 2. The summed E-state index contributed by atoms with van der Waals surface area (Å²) in [5.74, 6) is -0.363. The van der Waals surface area contributed by atoms with Crippen molar-refractivity contribution in [2.45, 2.75) is 39.7 Å². The lowest BCUT2D eigenvalue weighted by Gasteiger charge is -2.27. The summed E-state index contributed by atoms with van der Waals surface area (Å²) in [7, 11) is 2.03.